The van der Waals surface area contributed by atoms with E-state index >= 15 is 0 Å². The van der Waals surface area contributed by atoms with Crippen LogP contribution in [0.3, 0.4) is 0 Å². The van der Waals surface area contributed by atoms with Gasteiger partial charge in [-0.1, -0.05) is 18.2 Å². The predicted octanol–water partition coefficient (Wildman–Crippen LogP) is 1.81. The first-order chi connectivity index (χ1) is 6.26. The van der Waals surface area contributed by atoms with E-state index in [1.54, 1.807) is 0 Å². The average molecular weight is 172 g/mol. The lowest BCUT2D eigenvalue weighted by molar-refractivity contribution is 0.400. The maximum absolute atomic E-state index is 5.39. The Balaban J connectivity index is 2.44. The van der Waals surface area contributed by atoms with E-state index in [2.05, 4.69) is 37.2 Å². The van der Waals surface area contributed by atoms with Crippen LogP contribution in [0.15, 0.2) is 24.3 Å². The van der Waals surface area contributed by atoms with Crippen LogP contribution in [0.25, 0.3) is 0 Å². The van der Waals surface area contributed by atoms with Crippen molar-refractivity contribution < 1.29 is 0 Å². The number of quaternary nitrogens is 1. The molecule has 2 rings (SSSR count). The van der Waals surface area contributed by atoms with Crippen LogP contribution in [0.4, 0.5) is 5.69 Å². The molecule has 0 fully saturated rings. The zero-order valence-electron chi connectivity index (χ0n) is 7.96. The van der Waals surface area contributed by atoms with E-state index in [0.717, 1.165) is 24.0 Å². The molecule has 1 heteroatoms. The molecule has 0 saturated carbocycles. The zero-order chi connectivity index (χ0) is 9.31. The molecule has 0 unspecified atom stereocenters. The Hall–Kier alpha value is -1.26. The van der Waals surface area contributed by atoms with Crippen LogP contribution in [0.5, 0.6) is 0 Å². The van der Waals surface area contributed by atoms with E-state index < -0.39 is 0 Å². The molecule has 0 bridgehead atoms. The van der Waals surface area contributed by atoms with Crippen molar-refractivity contribution in [2.45, 2.75) is 6.42 Å². The van der Waals surface area contributed by atoms with Crippen LogP contribution in [0, 0.1) is 12.3 Å². The summed E-state index contributed by atoms with van der Waals surface area (Å²) in [7, 11) is 2.21. The Labute approximate surface area is 79.6 Å². The van der Waals surface area contributed by atoms with Gasteiger partial charge in [-0.2, -0.15) is 0 Å². The number of benzene rings is 1. The maximum Gasteiger partial charge on any atom is 0.145 e. The monoisotopic (exact) mass is 172 g/mol. The lowest BCUT2D eigenvalue weighted by atomic mass is 10.2. The molecular formula is C12H14N+. The van der Waals surface area contributed by atoms with Gasteiger partial charge in [0.15, 0.2) is 0 Å². The summed E-state index contributed by atoms with van der Waals surface area (Å²) in [5.41, 5.74) is 2.86. The van der Waals surface area contributed by atoms with Gasteiger partial charge in [0, 0.05) is 12.0 Å². The van der Waals surface area contributed by atoms with E-state index in [-0.39, 0.29) is 0 Å². The highest BCUT2D eigenvalue weighted by Gasteiger charge is 2.32. The molecule has 0 saturated heterocycles. The summed E-state index contributed by atoms with van der Waals surface area (Å²) in [5, 5.41) is 0. The minimum absolute atomic E-state index is 0.803. The van der Waals surface area contributed by atoms with E-state index in [9.17, 15) is 0 Å². The number of hydrogen-bond acceptors (Lipinski definition) is 0. The number of fused-ring (bicyclic) bond motifs is 1. The Kier molecular flexibility index (Phi) is 1.86. The smallest absolute Gasteiger partial charge is 0.145 e. The van der Waals surface area contributed by atoms with E-state index in [1.165, 1.54) is 11.3 Å². The van der Waals surface area contributed by atoms with Gasteiger partial charge < -0.3 is 0 Å². The molecule has 0 radical (unpaired) electrons. The highest BCUT2D eigenvalue weighted by molar-refractivity contribution is 5.54. The molecule has 1 aromatic rings. The number of para-hydroxylation sites is 1. The number of likely N-dealkylation sites (N-methyl/N-ethyl adjacent to an activating group) is 1. The molecule has 0 aromatic heterocycles. The van der Waals surface area contributed by atoms with Gasteiger partial charge in [0.25, 0.3) is 0 Å². The third-order valence-electron chi connectivity index (χ3n) is 2.89. The maximum atomic E-state index is 5.39. The normalized spacial score (nSPS) is 25.2. The highest BCUT2D eigenvalue weighted by Crippen LogP contribution is 2.32. The van der Waals surface area contributed by atoms with Gasteiger partial charge in [-0.25, -0.2) is 0 Å². The number of rotatable bonds is 1. The Bertz CT molecular complexity index is 362. The Morgan fingerprint density at radius 3 is 3.00 bits per heavy atom. The van der Waals surface area contributed by atoms with Crippen molar-refractivity contribution in [3.63, 3.8) is 0 Å². The molecule has 1 atom stereocenters. The summed E-state index contributed by atoms with van der Waals surface area (Å²) >= 11 is 0. The fourth-order valence-corrected chi connectivity index (χ4v) is 2.10. The van der Waals surface area contributed by atoms with Crippen LogP contribution in [-0.2, 0) is 6.42 Å². The van der Waals surface area contributed by atoms with Crippen LogP contribution in [0.2, 0.25) is 0 Å². The fraction of sp³-hybridized carbons (Fsp3) is 0.333. The standard InChI is InChI=1S/C12H14N/c1-3-9-13(2)10-8-11-6-4-5-7-12(11)13/h1,4-7H,8-10H2,2H3/q+1/t13-/m1/s1. The minimum atomic E-state index is 0.803. The Morgan fingerprint density at radius 2 is 2.23 bits per heavy atom. The SMILES string of the molecule is C#CC[N@+]1(C)CCc2ccccc21. The van der Waals surface area contributed by atoms with Crippen molar-refractivity contribution >= 4 is 5.69 Å². The predicted molar refractivity (Wildman–Crippen MR) is 56.4 cm³/mol. The van der Waals surface area contributed by atoms with Gasteiger partial charge in [-0.3, -0.25) is 4.48 Å². The van der Waals surface area contributed by atoms with Gasteiger partial charge >= 0.3 is 0 Å². The van der Waals surface area contributed by atoms with Crippen molar-refractivity contribution in [2.75, 3.05) is 20.1 Å². The second-order valence-corrected chi connectivity index (χ2v) is 3.86. The van der Waals surface area contributed by atoms with Crippen molar-refractivity contribution in [1.82, 2.24) is 4.48 Å². The lowest BCUT2D eigenvalue weighted by Gasteiger charge is -2.27. The molecular weight excluding hydrogens is 158 g/mol. The van der Waals surface area contributed by atoms with Crippen molar-refractivity contribution in [2.24, 2.45) is 0 Å². The summed E-state index contributed by atoms with van der Waals surface area (Å²) < 4.78 is 0.909. The zero-order valence-corrected chi connectivity index (χ0v) is 7.96. The van der Waals surface area contributed by atoms with Gasteiger partial charge in [0.2, 0.25) is 0 Å². The molecule has 66 valence electrons. The largest absolute Gasteiger partial charge is 0.283 e. The fourth-order valence-electron chi connectivity index (χ4n) is 2.10. The third kappa shape index (κ3) is 1.24. The molecule has 0 spiro atoms. The van der Waals surface area contributed by atoms with Crippen LogP contribution in [-0.4, -0.2) is 20.1 Å². The lowest BCUT2D eigenvalue weighted by Crippen LogP contribution is -2.43. The summed E-state index contributed by atoms with van der Waals surface area (Å²) in [6, 6.07) is 8.59. The molecule has 1 aromatic carbocycles. The van der Waals surface area contributed by atoms with E-state index in [0.29, 0.717) is 0 Å². The quantitative estimate of drug-likeness (QED) is 0.447. The summed E-state index contributed by atoms with van der Waals surface area (Å²) in [5.74, 6) is 2.76. The van der Waals surface area contributed by atoms with Gasteiger partial charge in [0.05, 0.1) is 13.6 Å². The number of terminal acetylenes is 1. The third-order valence-corrected chi connectivity index (χ3v) is 2.89. The summed E-state index contributed by atoms with van der Waals surface area (Å²) in [6.45, 7) is 1.94. The molecule has 0 N–H and O–H groups in total. The highest BCUT2D eigenvalue weighted by atomic mass is 15.3. The van der Waals surface area contributed by atoms with Gasteiger partial charge in [-0.15, -0.1) is 6.42 Å². The van der Waals surface area contributed by atoms with E-state index in [1.807, 2.05) is 0 Å². The van der Waals surface area contributed by atoms with Crippen LogP contribution >= 0.6 is 0 Å². The minimum Gasteiger partial charge on any atom is -0.283 e. The van der Waals surface area contributed by atoms with Gasteiger partial charge in [-0.05, 0) is 12.0 Å². The van der Waals surface area contributed by atoms with E-state index in [4.69, 9.17) is 6.42 Å². The number of hydrogen-bond donors (Lipinski definition) is 0. The Morgan fingerprint density at radius 1 is 1.46 bits per heavy atom. The van der Waals surface area contributed by atoms with Crippen LogP contribution < -0.4 is 4.48 Å². The first-order valence-corrected chi connectivity index (χ1v) is 4.63. The number of nitrogens with zero attached hydrogens (tertiary/aromatic N) is 1. The summed E-state index contributed by atoms with van der Waals surface area (Å²) in [4.78, 5) is 0. The molecule has 0 amide bonds. The molecule has 1 aliphatic heterocycles. The molecule has 0 aliphatic carbocycles. The van der Waals surface area contributed by atoms with Crippen molar-refractivity contribution in [1.29, 1.82) is 0 Å². The van der Waals surface area contributed by atoms with Gasteiger partial charge in [0.1, 0.15) is 12.2 Å². The average Bonchev–Trinajstić information content (AvgIpc) is 2.46. The molecule has 1 heterocycles. The molecule has 1 nitrogen and oxygen atoms in total. The first-order valence-electron chi connectivity index (χ1n) is 4.63. The summed E-state index contributed by atoms with van der Waals surface area (Å²) in [6.07, 6.45) is 6.55. The second kappa shape index (κ2) is 2.90. The van der Waals surface area contributed by atoms with Crippen molar-refractivity contribution in [3.8, 4) is 12.3 Å². The second-order valence-electron chi connectivity index (χ2n) is 3.86. The van der Waals surface area contributed by atoms with Crippen molar-refractivity contribution in [3.05, 3.63) is 29.8 Å². The van der Waals surface area contributed by atoms with Crippen LogP contribution in [0.1, 0.15) is 5.56 Å². The molecule has 1 aliphatic rings. The molecule has 13 heavy (non-hydrogen) atoms. The topological polar surface area (TPSA) is 0 Å². The first kappa shape index (κ1) is 8.34.